The van der Waals surface area contributed by atoms with Gasteiger partial charge in [-0.2, -0.15) is 0 Å². The lowest BCUT2D eigenvalue weighted by Gasteiger charge is -2.19. The van der Waals surface area contributed by atoms with E-state index in [0.29, 0.717) is 4.31 Å². The molecular weight excluding hydrogens is 320 g/mol. The summed E-state index contributed by atoms with van der Waals surface area (Å²) in [4.78, 5) is 10.4. The number of carbonyl (C=O) groups is 1. The molecule has 2 rings (SSSR count). The van der Waals surface area contributed by atoms with Crippen molar-refractivity contribution < 1.29 is 31.5 Å². The van der Waals surface area contributed by atoms with Crippen LogP contribution in [0.1, 0.15) is 16.3 Å². The summed E-state index contributed by atoms with van der Waals surface area (Å²) in [5.74, 6) is -3.92. The Morgan fingerprint density at radius 1 is 1.27 bits per heavy atom. The van der Waals surface area contributed by atoms with Gasteiger partial charge in [-0.05, 0) is 19.1 Å². The van der Waals surface area contributed by atoms with Crippen molar-refractivity contribution in [1.82, 2.24) is 0 Å². The minimum Gasteiger partial charge on any atom is -0.475 e. The van der Waals surface area contributed by atoms with Gasteiger partial charge in [0.05, 0.1) is 5.69 Å². The third-order valence-electron chi connectivity index (χ3n) is 2.97. The Morgan fingerprint density at radius 2 is 1.91 bits per heavy atom. The van der Waals surface area contributed by atoms with E-state index < -0.39 is 44.0 Å². The number of furan rings is 1. The lowest BCUT2D eigenvalue weighted by Crippen LogP contribution is -2.27. The van der Waals surface area contributed by atoms with Crippen LogP contribution in [-0.4, -0.2) is 26.5 Å². The van der Waals surface area contributed by atoms with E-state index in [0.717, 1.165) is 31.3 Å². The van der Waals surface area contributed by atoms with E-state index in [-0.39, 0.29) is 5.76 Å². The molecule has 1 aromatic carbocycles. The van der Waals surface area contributed by atoms with Gasteiger partial charge in [-0.1, -0.05) is 0 Å². The second-order valence-corrected chi connectivity index (χ2v) is 6.34. The standard InChI is InChI=1S/C13H11F2NO5S/c1-7-12(6-11(21-7)13(17)18)22(19,20)16(2)10-5-8(14)3-4-9(10)15/h3-6H,1-2H3,(H,17,18). The van der Waals surface area contributed by atoms with Crippen molar-refractivity contribution in [2.45, 2.75) is 11.8 Å². The van der Waals surface area contributed by atoms with Crippen molar-refractivity contribution in [3.63, 3.8) is 0 Å². The summed E-state index contributed by atoms with van der Waals surface area (Å²) in [6, 6.07) is 3.19. The van der Waals surface area contributed by atoms with E-state index in [9.17, 15) is 22.0 Å². The first-order valence-electron chi connectivity index (χ1n) is 5.92. The number of carboxylic acid groups (broad SMARTS) is 1. The van der Waals surface area contributed by atoms with Crippen LogP contribution in [0.2, 0.25) is 0 Å². The lowest BCUT2D eigenvalue weighted by atomic mass is 10.3. The molecule has 0 amide bonds. The maximum atomic E-state index is 13.7. The third-order valence-corrected chi connectivity index (χ3v) is 4.85. The Balaban J connectivity index is 2.54. The SMILES string of the molecule is Cc1oc(C(=O)O)cc1S(=O)(=O)N(C)c1cc(F)ccc1F. The van der Waals surface area contributed by atoms with Crippen LogP contribution in [0.15, 0.2) is 33.6 Å². The number of hydrogen-bond acceptors (Lipinski definition) is 4. The predicted molar refractivity (Wildman–Crippen MR) is 72.4 cm³/mol. The molecule has 0 saturated carbocycles. The molecule has 1 heterocycles. The number of aryl methyl sites for hydroxylation is 1. The van der Waals surface area contributed by atoms with Crippen LogP contribution in [0, 0.1) is 18.6 Å². The number of carboxylic acids is 1. The van der Waals surface area contributed by atoms with E-state index in [1.807, 2.05) is 0 Å². The molecule has 0 fully saturated rings. The molecule has 0 aliphatic heterocycles. The molecule has 0 saturated heterocycles. The van der Waals surface area contributed by atoms with Crippen LogP contribution < -0.4 is 4.31 Å². The Labute approximate surface area is 124 Å². The van der Waals surface area contributed by atoms with Gasteiger partial charge < -0.3 is 9.52 Å². The van der Waals surface area contributed by atoms with Gasteiger partial charge in [0.2, 0.25) is 5.76 Å². The highest BCUT2D eigenvalue weighted by atomic mass is 32.2. The second-order valence-electron chi connectivity index (χ2n) is 4.40. The molecule has 22 heavy (non-hydrogen) atoms. The van der Waals surface area contributed by atoms with Crippen LogP contribution in [0.25, 0.3) is 0 Å². The van der Waals surface area contributed by atoms with Crippen molar-refractivity contribution in [3.05, 3.63) is 47.4 Å². The van der Waals surface area contributed by atoms with Crippen LogP contribution in [0.4, 0.5) is 14.5 Å². The molecule has 0 atom stereocenters. The largest absolute Gasteiger partial charge is 0.475 e. The average molecular weight is 331 g/mol. The summed E-state index contributed by atoms with van der Waals surface area (Å²) >= 11 is 0. The van der Waals surface area contributed by atoms with Gasteiger partial charge in [0.25, 0.3) is 10.0 Å². The maximum Gasteiger partial charge on any atom is 0.371 e. The molecule has 1 N–H and O–H groups in total. The summed E-state index contributed by atoms with van der Waals surface area (Å²) in [5.41, 5.74) is -0.502. The first-order chi connectivity index (χ1) is 10.1. The molecule has 0 spiro atoms. The fourth-order valence-corrected chi connectivity index (χ4v) is 3.19. The van der Waals surface area contributed by atoms with E-state index >= 15 is 0 Å². The zero-order valence-corrected chi connectivity index (χ0v) is 12.3. The van der Waals surface area contributed by atoms with Crippen LogP contribution in [0.5, 0.6) is 0 Å². The molecule has 0 radical (unpaired) electrons. The number of anilines is 1. The van der Waals surface area contributed by atoms with Crippen molar-refractivity contribution in [1.29, 1.82) is 0 Å². The van der Waals surface area contributed by atoms with Gasteiger partial charge in [-0.3, -0.25) is 4.31 Å². The van der Waals surface area contributed by atoms with E-state index in [1.165, 1.54) is 6.92 Å². The topological polar surface area (TPSA) is 87.8 Å². The van der Waals surface area contributed by atoms with E-state index in [2.05, 4.69) is 0 Å². The van der Waals surface area contributed by atoms with E-state index in [4.69, 9.17) is 9.52 Å². The van der Waals surface area contributed by atoms with Crippen molar-refractivity contribution in [3.8, 4) is 0 Å². The fourth-order valence-electron chi connectivity index (χ4n) is 1.83. The van der Waals surface area contributed by atoms with Crippen molar-refractivity contribution in [2.24, 2.45) is 0 Å². The quantitative estimate of drug-likeness (QED) is 0.929. The fraction of sp³-hybridized carbons (Fsp3) is 0.154. The van der Waals surface area contributed by atoms with Gasteiger partial charge in [0, 0.05) is 19.2 Å². The molecular formula is C13H11F2NO5S. The lowest BCUT2D eigenvalue weighted by molar-refractivity contribution is 0.0661. The number of rotatable bonds is 4. The second kappa shape index (κ2) is 5.41. The number of aromatic carboxylic acids is 1. The number of sulfonamides is 1. The van der Waals surface area contributed by atoms with Gasteiger partial charge >= 0.3 is 5.97 Å². The zero-order valence-electron chi connectivity index (χ0n) is 11.5. The van der Waals surface area contributed by atoms with E-state index in [1.54, 1.807) is 0 Å². The molecule has 2 aromatic rings. The molecule has 0 aliphatic carbocycles. The summed E-state index contributed by atoms with van der Waals surface area (Å²) in [6.07, 6.45) is 0. The highest BCUT2D eigenvalue weighted by Gasteiger charge is 2.29. The Morgan fingerprint density at radius 3 is 2.45 bits per heavy atom. The molecule has 9 heteroatoms. The minimum atomic E-state index is -4.31. The summed E-state index contributed by atoms with van der Waals surface area (Å²) < 4.78 is 57.1. The molecule has 118 valence electrons. The van der Waals surface area contributed by atoms with Crippen molar-refractivity contribution >= 4 is 21.7 Å². The smallest absolute Gasteiger partial charge is 0.371 e. The Kier molecular flexibility index (Phi) is 3.92. The number of halogens is 2. The Hall–Kier alpha value is -2.42. The van der Waals surface area contributed by atoms with Gasteiger partial charge in [0.15, 0.2) is 0 Å². The molecule has 0 aliphatic rings. The highest BCUT2D eigenvalue weighted by molar-refractivity contribution is 7.92. The first-order valence-corrected chi connectivity index (χ1v) is 7.36. The normalized spacial score (nSPS) is 11.5. The molecule has 1 aromatic heterocycles. The molecule has 6 nitrogen and oxygen atoms in total. The number of benzene rings is 1. The summed E-state index contributed by atoms with van der Waals surface area (Å²) in [5, 5.41) is 8.81. The third kappa shape index (κ3) is 2.67. The highest BCUT2D eigenvalue weighted by Crippen LogP contribution is 2.28. The Bertz CT molecular complexity index is 844. The van der Waals surface area contributed by atoms with Crippen LogP contribution in [-0.2, 0) is 10.0 Å². The van der Waals surface area contributed by atoms with Gasteiger partial charge in [0.1, 0.15) is 22.3 Å². The summed E-state index contributed by atoms with van der Waals surface area (Å²) in [7, 11) is -3.28. The van der Waals surface area contributed by atoms with Gasteiger partial charge in [-0.25, -0.2) is 22.0 Å². The monoisotopic (exact) mass is 331 g/mol. The minimum absolute atomic E-state index is 0.166. The van der Waals surface area contributed by atoms with Crippen LogP contribution >= 0.6 is 0 Å². The number of nitrogens with zero attached hydrogens (tertiary/aromatic N) is 1. The molecule has 0 unspecified atom stereocenters. The maximum absolute atomic E-state index is 13.7. The average Bonchev–Trinajstić information content (AvgIpc) is 2.83. The number of hydrogen-bond donors (Lipinski definition) is 1. The molecule has 0 bridgehead atoms. The summed E-state index contributed by atoms with van der Waals surface area (Å²) in [6.45, 7) is 1.26. The van der Waals surface area contributed by atoms with Crippen molar-refractivity contribution in [2.75, 3.05) is 11.4 Å². The van der Waals surface area contributed by atoms with Crippen LogP contribution in [0.3, 0.4) is 0 Å². The zero-order chi connectivity index (χ0) is 16.7. The predicted octanol–water partition coefficient (Wildman–Crippen LogP) is 2.39. The van der Waals surface area contributed by atoms with Gasteiger partial charge in [-0.15, -0.1) is 0 Å². The first kappa shape index (κ1) is 16.0.